The highest BCUT2D eigenvalue weighted by Gasteiger charge is 2.43. The first-order valence-corrected chi connectivity index (χ1v) is 8.08. The number of hydrogen-bond acceptors (Lipinski definition) is 3. The lowest BCUT2D eigenvalue weighted by molar-refractivity contribution is -0.499. The molecule has 5 nitrogen and oxygen atoms in total. The van der Waals surface area contributed by atoms with Crippen LogP contribution >= 0.6 is 0 Å². The number of nitrogens with zero attached hydrogens (tertiary/aromatic N) is 3. The fraction of sp³-hybridized carbons (Fsp3) is 0.200. The minimum atomic E-state index is -0.393. The number of nitro groups is 1. The molecule has 0 spiro atoms. The number of non-ortho nitro benzene ring substituents is 1. The summed E-state index contributed by atoms with van der Waals surface area (Å²) < 4.78 is 1.89. The molecule has 2 aromatic carbocycles. The average molecular weight is 461 g/mol. The minimum Gasteiger partial charge on any atom is -1.00 e. The fourth-order valence-corrected chi connectivity index (χ4v) is 3.07. The fourth-order valence-electron chi connectivity index (χ4n) is 3.07. The molecule has 6 heteroatoms. The zero-order valence-electron chi connectivity index (χ0n) is 14.9. The van der Waals surface area contributed by atoms with Gasteiger partial charge in [0, 0.05) is 23.8 Å². The van der Waals surface area contributed by atoms with Gasteiger partial charge < -0.3 is 24.0 Å². The summed E-state index contributed by atoms with van der Waals surface area (Å²) in [6.07, 6.45) is 3.99. The molecule has 1 heterocycles. The van der Waals surface area contributed by atoms with Gasteiger partial charge in [-0.2, -0.15) is 0 Å². The van der Waals surface area contributed by atoms with Gasteiger partial charge in [0.25, 0.3) is 5.69 Å². The third-order valence-corrected chi connectivity index (χ3v) is 4.42. The van der Waals surface area contributed by atoms with E-state index in [0.717, 1.165) is 22.6 Å². The van der Waals surface area contributed by atoms with Crippen molar-refractivity contribution in [2.45, 2.75) is 13.8 Å². The molecule has 1 aliphatic heterocycles. The van der Waals surface area contributed by atoms with Gasteiger partial charge in [-0.05, 0) is 42.7 Å². The molecule has 1 aliphatic rings. The van der Waals surface area contributed by atoms with E-state index in [1.807, 2.05) is 42.1 Å². The van der Waals surface area contributed by atoms with Gasteiger partial charge in [0.15, 0.2) is 7.05 Å². The summed E-state index contributed by atoms with van der Waals surface area (Å²) in [6, 6.07) is 16.7. The van der Waals surface area contributed by atoms with E-state index in [4.69, 9.17) is 5.10 Å². The summed E-state index contributed by atoms with van der Waals surface area (Å²) in [6.45, 7) is 4.30. The predicted octanol–water partition coefficient (Wildman–Crippen LogP) is 1.14. The highest BCUT2D eigenvalue weighted by atomic mass is 127. The maximum absolute atomic E-state index is 10.7. The van der Waals surface area contributed by atoms with Crippen LogP contribution in [0.15, 0.2) is 65.8 Å². The van der Waals surface area contributed by atoms with E-state index >= 15 is 0 Å². The van der Waals surface area contributed by atoms with Crippen LogP contribution in [-0.2, 0) is 0 Å². The van der Waals surface area contributed by atoms with Crippen LogP contribution in [0.5, 0.6) is 0 Å². The molecule has 26 heavy (non-hydrogen) atoms. The van der Waals surface area contributed by atoms with Crippen LogP contribution in [0, 0.1) is 15.5 Å². The molecule has 0 fully saturated rings. The second-order valence-corrected chi connectivity index (χ2v) is 6.53. The van der Waals surface area contributed by atoms with Crippen LogP contribution in [0.4, 0.5) is 5.69 Å². The van der Waals surface area contributed by atoms with E-state index in [2.05, 4.69) is 26.0 Å². The standard InChI is InChI=1S/C20H20N3O2.HI/c1-20(2)18(14-11-15-9-12-17(13-10-15)23(24)25)22(3)21-19(20)16-7-5-4-6-8-16;/h4-14H,1-3H3;1H/q+1;/p-1/b14-11+;. The van der Waals surface area contributed by atoms with Gasteiger partial charge in [0.1, 0.15) is 11.1 Å². The molecule has 134 valence electrons. The normalized spacial score (nSPS) is 15.7. The first-order chi connectivity index (χ1) is 11.9. The van der Waals surface area contributed by atoms with Crippen LogP contribution in [0.25, 0.3) is 6.08 Å². The summed E-state index contributed by atoms with van der Waals surface area (Å²) in [5.41, 5.74) is 3.99. The van der Waals surface area contributed by atoms with E-state index in [0.29, 0.717) is 0 Å². The predicted molar refractivity (Wildman–Crippen MR) is 100 cm³/mol. The van der Waals surface area contributed by atoms with Gasteiger partial charge in [-0.1, -0.05) is 35.0 Å². The molecule has 0 radical (unpaired) electrons. The number of allylic oxidation sites excluding steroid dienone is 1. The lowest BCUT2D eigenvalue weighted by atomic mass is 9.79. The molecule has 0 amide bonds. The first kappa shape index (κ1) is 20.0. The summed E-state index contributed by atoms with van der Waals surface area (Å²) in [5.74, 6) is 0. The molecule has 0 saturated heterocycles. The molecule has 0 N–H and O–H groups in total. The van der Waals surface area contributed by atoms with Crippen LogP contribution in [0.2, 0.25) is 0 Å². The Morgan fingerprint density at radius 1 is 1.04 bits per heavy atom. The van der Waals surface area contributed by atoms with Crippen LogP contribution in [0.1, 0.15) is 25.0 Å². The zero-order chi connectivity index (χ0) is 18.0. The zero-order valence-corrected chi connectivity index (χ0v) is 17.0. The topological polar surface area (TPSA) is 58.5 Å². The second-order valence-electron chi connectivity index (χ2n) is 6.53. The number of halogens is 1. The number of hydrogen-bond donors (Lipinski definition) is 0. The molecular weight excluding hydrogens is 441 g/mol. The molecule has 0 bridgehead atoms. The van der Waals surface area contributed by atoms with Gasteiger partial charge in [-0.15, -0.1) is 0 Å². The Kier molecular flexibility index (Phi) is 6.07. The van der Waals surface area contributed by atoms with Crippen molar-refractivity contribution < 1.29 is 33.6 Å². The Morgan fingerprint density at radius 2 is 1.65 bits per heavy atom. The highest BCUT2D eigenvalue weighted by molar-refractivity contribution is 6.21. The van der Waals surface area contributed by atoms with Gasteiger partial charge >= 0.3 is 0 Å². The molecular formula is C20H20IN3O2. The molecule has 3 rings (SSSR count). The number of rotatable bonds is 4. The smallest absolute Gasteiger partial charge is 0.269 e. The largest absolute Gasteiger partial charge is 1.00 e. The van der Waals surface area contributed by atoms with E-state index in [1.54, 1.807) is 12.1 Å². The minimum absolute atomic E-state index is 0. The van der Waals surface area contributed by atoms with Crippen molar-refractivity contribution in [2.24, 2.45) is 10.5 Å². The van der Waals surface area contributed by atoms with Crippen LogP contribution < -0.4 is 24.0 Å². The van der Waals surface area contributed by atoms with Gasteiger partial charge in [-0.3, -0.25) is 10.1 Å². The molecule has 2 aromatic rings. The quantitative estimate of drug-likeness (QED) is 0.297. The Bertz CT molecular complexity index is 898. The Labute approximate surface area is 169 Å². The maximum atomic E-state index is 10.7. The van der Waals surface area contributed by atoms with E-state index in [9.17, 15) is 10.1 Å². The molecule has 0 unspecified atom stereocenters. The Morgan fingerprint density at radius 3 is 2.23 bits per heavy atom. The summed E-state index contributed by atoms with van der Waals surface area (Å²) >= 11 is 0. The monoisotopic (exact) mass is 461 g/mol. The van der Waals surface area contributed by atoms with Crippen molar-refractivity contribution in [3.05, 3.63) is 81.9 Å². The number of nitro benzene ring substituents is 1. The molecule has 0 aliphatic carbocycles. The summed E-state index contributed by atoms with van der Waals surface area (Å²) in [5, 5.41) is 15.5. The first-order valence-electron chi connectivity index (χ1n) is 8.08. The lowest BCUT2D eigenvalue weighted by Crippen LogP contribution is -3.00. The number of hydrazone groups is 1. The van der Waals surface area contributed by atoms with Gasteiger partial charge in [-0.25, -0.2) is 0 Å². The maximum Gasteiger partial charge on any atom is 0.269 e. The van der Waals surface area contributed by atoms with Crippen molar-refractivity contribution in [1.29, 1.82) is 0 Å². The highest BCUT2D eigenvalue weighted by Crippen LogP contribution is 2.30. The third-order valence-electron chi connectivity index (χ3n) is 4.42. The second kappa shape index (κ2) is 7.90. The molecule has 0 aromatic heterocycles. The SMILES string of the molecule is C[N+]1=C(/C=C/c2ccc([N+](=O)[O-])cc2)C(C)(C)C(c2ccccc2)=N1.[I-]. The lowest BCUT2D eigenvalue weighted by Gasteiger charge is -2.16. The van der Waals surface area contributed by atoms with Crippen molar-refractivity contribution in [1.82, 2.24) is 0 Å². The Balaban J connectivity index is 0.00000243. The van der Waals surface area contributed by atoms with Crippen molar-refractivity contribution in [2.75, 3.05) is 7.05 Å². The molecule has 0 atom stereocenters. The number of benzene rings is 2. The van der Waals surface area contributed by atoms with Crippen molar-refractivity contribution in [3.8, 4) is 0 Å². The molecule has 0 saturated carbocycles. The van der Waals surface area contributed by atoms with Crippen molar-refractivity contribution in [3.63, 3.8) is 0 Å². The van der Waals surface area contributed by atoms with Crippen LogP contribution in [0.3, 0.4) is 0 Å². The van der Waals surface area contributed by atoms with E-state index in [1.165, 1.54) is 12.1 Å². The van der Waals surface area contributed by atoms with Gasteiger partial charge in [0.05, 0.1) is 4.92 Å². The third kappa shape index (κ3) is 3.90. The van der Waals surface area contributed by atoms with Crippen LogP contribution in [-0.4, -0.2) is 28.1 Å². The summed E-state index contributed by atoms with van der Waals surface area (Å²) in [7, 11) is 1.94. The average Bonchev–Trinajstić information content (AvgIpc) is 2.83. The van der Waals surface area contributed by atoms with E-state index in [-0.39, 0.29) is 35.1 Å². The van der Waals surface area contributed by atoms with Crippen molar-refractivity contribution >= 4 is 23.2 Å². The Hall–Kier alpha value is -2.35. The summed E-state index contributed by atoms with van der Waals surface area (Å²) in [4.78, 5) is 10.3. The van der Waals surface area contributed by atoms with E-state index < -0.39 is 4.92 Å². The van der Waals surface area contributed by atoms with Gasteiger partial charge in [0.2, 0.25) is 5.71 Å².